The van der Waals surface area contributed by atoms with Crippen molar-refractivity contribution >= 4 is 29.9 Å². The third kappa shape index (κ3) is 7.79. The van der Waals surface area contributed by atoms with Crippen LogP contribution in [-0.2, 0) is 11.3 Å². The van der Waals surface area contributed by atoms with Crippen molar-refractivity contribution in [2.45, 2.75) is 45.6 Å². The normalized spacial score (nSPS) is 21.0. The highest BCUT2D eigenvalue weighted by Crippen LogP contribution is 2.38. The molecule has 176 valence electrons. The Morgan fingerprint density at radius 1 is 1.19 bits per heavy atom. The van der Waals surface area contributed by atoms with E-state index in [1.165, 1.54) is 6.07 Å². The van der Waals surface area contributed by atoms with E-state index < -0.39 is 6.61 Å². The molecule has 0 aromatic heterocycles. The van der Waals surface area contributed by atoms with Crippen LogP contribution in [0.5, 0.6) is 17.2 Å². The average molecular weight is 556 g/mol. The molecule has 2 atom stereocenters. The Morgan fingerprint density at radius 3 is 2.52 bits per heavy atom. The number of alkyl halides is 2. The van der Waals surface area contributed by atoms with Crippen molar-refractivity contribution in [3.63, 3.8) is 0 Å². The fourth-order valence-corrected chi connectivity index (χ4v) is 3.69. The number of benzene rings is 1. The van der Waals surface area contributed by atoms with Crippen LogP contribution in [0, 0.1) is 0 Å². The van der Waals surface area contributed by atoms with Gasteiger partial charge in [0.1, 0.15) is 5.75 Å². The second-order valence-corrected chi connectivity index (χ2v) is 7.41. The van der Waals surface area contributed by atoms with Crippen LogP contribution in [0.15, 0.2) is 17.1 Å². The van der Waals surface area contributed by atoms with Gasteiger partial charge in [-0.05, 0) is 26.3 Å². The van der Waals surface area contributed by atoms with E-state index in [4.69, 9.17) is 14.2 Å². The summed E-state index contributed by atoms with van der Waals surface area (Å²) in [6.45, 7) is 5.15. The largest absolute Gasteiger partial charge is 0.454 e. The van der Waals surface area contributed by atoms with E-state index in [0.717, 1.165) is 32.6 Å². The molecule has 3 rings (SSSR count). The average Bonchev–Trinajstić information content (AvgIpc) is 3.13. The van der Waals surface area contributed by atoms with Crippen molar-refractivity contribution < 1.29 is 27.7 Å². The molecule has 0 bridgehead atoms. The van der Waals surface area contributed by atoms with Crippen molar-refractivity contribution in [2.24, 2.45) is 4.99 Å². The van der Waals surface area contributed by atoms with E-state index in [0.29, 0.717) is 23.0 Å². The van der Waals surface area contributed by atoms with Gasteiger partial charge in [-0.1, -0.05) is 0 Å². The Bertz CT molecular complexity index is 731. The van der Waals surface area contributed by atoms with E-state index >= 15 is 0 Å². The number of ether oxygens (including phenoxy) is 4. The Balaban J connectivity index is 0.00000341. The maximum Gasteiger partial charge on any atom is 0.387 e. The zero-order valence-corrected chi connectivity index (χ0v) is 20.4. The number of halogens is 3. The Labute approximate surface area is 198 Å². The summed E-state index contributed by atoms with van der Waals surface area (Å²) in [5.74, 6) is 1.53. The molecule has 0 spiro atoms. The van der Waals surface area contributed by atoms with Gasteiger partial charge in [0.15, 0.2) is 17.5 Å². The number of rotatable bonds is 8. The lowest BCUT2D eigenvalue weighted by atomic mass is 10.1. The third-order valence-electron chi connectivity index (χ3n) is 4.88. The lowest BCUT2D eigenvalue weighted by Gasteiger charge is -2.35. The van der Waals surface area contributed by atoms with Gasteiger partial charge < -0.3 is 29.6 Å². The number of hydrogen-bond donors (Lipinski definition) is 2. The van der Waals surface area contributed by atoms with E-state index in [1.807, 2.05) is 0 Å². The van der Waals surface area contributed by atoms with Crippen molar-refractivity contribution in [3.05, 3.63) is 17.7 Å². The Morgan fingerprint density at radius 2 is 1.87 bits per heavy atom. The summed E-state index contributed by atoms with van der Waals surface area (Å²) in [5.41, 5.74) is 0.527. The molecule has 2 aliphatic rings. The second-order valence-electron chi connectivity index (χ2n) is 7.41. The third-order valence-corrected chi connectivity index (χ3v) is 4.88. The number of fused-ring (bicyclic) bond motifs is 1. The van der Waals surface area contributed by atoms with Crippen LogP contribution in [-0.4, -0.2) is 69.7 Å². The summed E-state index contributed by atoms with van der Waals surface area (Å²) >= 11 is 0. The number of nitrogens with one attached hydrogen (secondary N) is 2. The van der Waals surface area contributed by atoms with E-state index in [2.05, 4.69) is 39.1 Å². The molecule has 31 heavy (non-hydrogen) atoms. The van der Waals surface area contributed by atoms with Gasteiger partial charge >= 0.3 is 6.61 Å². The molecule has 1 fully saturated rings. The zero-order valence-electron chi connectivity index (χ0n) is 18.0. The van der Waals surface area contributed by atoms with Crippen LogP contribution in [0.3, 0.4) is 0 Å². The number of nitrogens with zero attached hydrogens (tertiary/aromatic N) is 2. The summed E-state index contributed by atoms with van der Waals surface area (Å²) in [6.07, 6.45) is 1.45. The number of guanidine groups is 1. The molecule has 11 heteroatoms. The minimum atomic E-state index is -2.92. The first-order chi connectivity index (χ1) is 14.4. The maximum absolute atomic E-state index is 12.8. The van der Waals surface area contributed by atoms with Crippen molar-refractivity contribution in [2.75, 3.05) is 40.0 Å². The van der Waals surface area contributed by atoms with Crippen molar-refractivity contribution in [3.8, 4) is 17.2 Å². The fraction of sp³-hybridized carbons (Fsp3) is 0.650. The molecule has 1 aromatic rings. The predicted molar refractivity (Wildman–Crippen MR) is 124 cm³/mol. The highest BCUT2D eigenvalue weighted by atomic mass is 127. The number of morpholine rings is 1. The molecule has 1 aromatic carbocycles. The minimum Gasteiger partial charge on any atom is -0.454 e. The van der Waals surface area contributed by atoms with Gasteiger partial charge in [0, 0.05) is 51.4 Å². The van der Waals surface area contributed by atoms with E-state index in [9.17, 15) is 8.78 Å². The molecular formula is C20H31F2IN4O4. The van der Waals surface area contributed by atoms with Gasteiger partial charge in [0.05, 0.1) is 12.2 Å². The first-order valence-electron chi connectivity index (χ1n) is 10.1. The molecule has 0 aliphatic carbocycles. The first kappa shape index (κ1) is 25.7. The maximum atomic E-state index is 12.8. The van der Waals surface area contributed by atoms with Gasteiger partial charge in [-0.3, -0.25) is 9.89 Å². The summed E-state index contributed by atoms with van der Waals surface area (Å²) < 4.78 is 46.5. The first-order valence-corrected chi connectivity index (χ1v) is 10.1. The number of hydrogen-bond acceptors (Lipinski definition) is 6. The number of aliphatic imine (C=N–C) groups is 1. The standard InChI is InChI=1S/C20H30F2N4O4.HI/c1-13-10-26(11-14(2)29-13)6-4-5-24-20(23-3)25-9-15-7-17-18(28-12-27-17)8-16(15)30-19(21)22;/h7-8,13-14,19H,4-6,9-12H2,1-3H3,(H2,23,24,25);1H. The highest BCUT2D eigenvalue weighted by molar-refractivity contribution is 14.0. The molecule has 1 saturated heterocycles. The van der Waals surface area contributed by atoms with Crippen molar-refractivity contribution in [1.29, 1.82) is 0 Å². The Hall–Kier alpha value is -1.60. The van der Waals surface area contributed by atoms with Gasteiger partial charge in [0.25, 0.3) is 0 Å². The smallest absolute Gasteiger partial charge is 0.387 e. The van der Waals surface area contributed by atoms with Gasteiger partial charge in [-0.25, -0.2) is 0 Å². The lowest BCUT2D eigenvalue weighted by molar-refractivity contribution is -0.0679. The monoisotopic (exact) mass is 556 g/mol. The van der Waals surface area contributed by atoms with E-state index in [-0.39, 0.29) is 55.3 Å². The lowest BCUT2D eigenvalue weighted by Crippen LogP contribution is -2.46. The molecule has 8 nitrogen and oxygen atoms in total. The summed E-state index contributed by atoms with van der Waals surface area (Å²) in [6, 6.07) is 3.06. The van der Waals surface area contributed by atoms with Crippen LogP contribution in [0.1, 0.15) is 25.8 Å². The van der Waals surface area contributed by atoms with Crippen LogP contribution in [0.2, 0.25) is 0 Å². The molecule has 2 unspecified atom stereocenters. The molecule has 0 saturated carbocycles. The van der Waals surface area contributed by atoms with Crippen LogP contribution in [0.4, 0.5) is 8.78 Å². The zero-order chi connectivity index (χ0) is 21.5. The summed E-state index contributed by atoms with van der Waals surface area (Å²) in [4.78, 5) is 6.59. The predicted octanol–water partition coefficient (Wildman–Crippen LogP) is 2.80. The van der Waals surface area contributed by atoms with E-state index in [1.54, 1.807) is 13.1 Å². The summed E-state index contributed by atoms with van der Waals surface area (Å²) in [7, 11) is 1.66. The van der Waals surface area contributed by atoms with Crippen LogP contribution < -0.4 is 24.8 Å². The van der Waals surface area contributed by atoms with Crippen molar-refractivity contribution in [1.82, 2.24) is 15.5 Å². The SMILES string of the molecule is CN=C(NCCCN1CC(C)OC(C)C1)NCc1cc2c(cc1OC(F)F)OCO2.I. The fourth-order valence-electron chi connectivity index (χ4n) is 3.69. The van der Waals surface area contributed by atoms with Gasteiger partial charge in [-0.15, -0.1) is 24.0 Å². The molecule has 0 radical (unpaired) electrons. The van der Waals surface area contributed by atoms with Crippen LogP contribution >= 0.6 is 24.0 Å². The quantitative estimate of drug-likeness (QED) is 0.221. The van der Waals surface area contributed by atoms with Gasteiger partial charge in [-0.2, -0.15) is 8.78 Å². The minimum absolute atomic E-state index is 0. The Kier molecular flexibility index (Phi) is 10.3. The van der Waals surface area contributed by atoms with Gasteiger partial charge in [0.2, 0.25) is 6.79 Å². The second kappa shape index (κ2) is 12.4. The highest BCUT2D eigenvalue weighted by Gasteiger charge is 2.22. The molecule has 2 aliphatic heterocycles. The molecule has 2 N–H and O–H groups in total. The molecule has 0 amide bonds. The van der Waals surface area contributed by atoms with Crippen LogP contribution in [0.25, 0.3) is 0 Å². The summed E-state index contributed by atoms with van der Waals surface area (Å²) in [5, 5.41) is 6.38. The topological polar surface area (TPSA) is 76.6 Å². The molecule has 2 heterocycles. The molecular weight excluding hydrogens is 525 g/mol.